The van der Waals surface area contributed by atoms with Gasteiger partial charge in [-0.05, 0) is 37.1 Å². The standard InChI is InChI=1S/C15H19Cl2N3/c1-3-6-18-14(15-19-7-8-20(15)2)10-11-4-5-12(16)13(17)9-11/h4-5,7-9,14,18H,3,6,10H2,1-2H3. The van der Waals surface area contributed by atoms with E-state index in [1.165, 1.54) is 0 Å². The molecule has 0 fully saturated rings. The van der Waals surface area contributed by atoms with Crippen LogP contribution in [0.2, 0.25) is 10.0 Å². The number of nitrogens with zero attached hydrogens (tertiary/aromatic N) is 2. The molecule has 0 spiro atoms. The maximum atomic E-state index is 6.08. The van der Waals surface area contributed by atoms with E-state index >= 15 is 0 Å². The van der Waals surface area contributed by atoms with E-state index in [0.29, 0.717) is 10.0 Å². The van der Waals surface area contributed by atoms with Crippen LogP contribution in [0.4, 0.5) is 0 Å². The normalized spacial score (nSPS) is 12.6. The molecule has 0 aliphatic rings. The van der Waals surface area contributed by atoms with Crippen LogP contribution in [0.1, 0.15) is 30.8 Å². The van der Waals surface area contributed by atoms with Crippen molar-refractivity contribution in [3.05, 3.63) is 52.0 Å². The van der Waals surface area contributed by atoms with Crippen molar-refractivity contribution >= 4 is 23.2 Å². The third kappa shape index (κ3) is 3.75. The lowest BCUT2D eigenvalue weighted by Gasteiger charge is -2.18. The molecule has 108 valence electrons. The Hall–Kier alpha value is -1.03. The highest BCUT2D eigenvalue weighted by Crippen LogP contribution is 2.25. The molecule has 0 amide bonds. The van der Waals surface area contributed by atoms with Crippen molar-refractivity contribution < 1.29 is 0 Å². The van der Waals surface area contributed by atoms with Gasteiger partial charge in [0.15, 0.2) is 0 Å². The monoisotopic (exact) mass is 311 g/mol. The van der Waals surface area contributed by atoms with E-state index in [2.05, 4.69) is 17.2 Å². The van der Waals surface area contributed by atoms with Gasteiger partial charge in [0, 0.05) is 19.4 Å². The Morgan fingerprint density at radius 3 is 2.70 bits per heavy atom. The maximum absolute atomic E-state index is 6.08. The zero-order chi connectivity index (χ0) is 14.5. The summed E-state index contributed by atoms with van der Waals surface area (Å²) in [5.41, 5.74) is 1.15. The smallest absolute Gasteiger partial charge is 0.125 e. The fraction of sp³-hybridized carbons (Fsp3) is 0.400. The highest BCUT2D eigenvalue weighted by atomic mass is 35.5. The molecule has 0 radical (unpaired) electrons. The van der Waals surface area contributed by atoms with Crippen molar-refractivity contribution in [1.82, 2.24) is 14.9 Å². The van der Waals surface area contributed by atoms with Gasteiger partial charge in [0.05, 0.1) is 16.1 Å². The number of hydrogen-bond donors (Lipinski definition) is 1. The summed E-state index contributed by atoms with van der Waals surface area (Å²) >= 11 is 12.0. The minimum Gasteiger partial charge on any atom is -0.337 e. The number of benzene rings is 1. The van der Waals surface area contributed by atoms with Gasteiger partial charge >= 0.3 is 0 Å². The first kappa shape index (κ1) is 15.4. The fourth-order valence-corrected chi connectivity index (χ4v) is 2.51. The zero-order valence-corrected chi connectivity index (χ0v) is 13.2. The highest BCUT2D eigenvalue weighted by Gasteiger charge is 2.16. The molecule has 0 saturated carbocycles. The lowest BCUT2D eigenvalue weighted by Crippen LogP contribution is -2.26. The van der Waals surface area contributed by atoms with Crippen LogP contribution < -0.4 is 5.32 Å². The van der Waals surface area contributed by atoms with Crippen LogP contribution in [-0.4, -0.2) is 16.1 Å². The molecule has 0 bridgehead atoms. The number of hydrogen-bond acceptors (Lipinski definition) is 2. The Kier molecular flexibility index (Phi) is 5.46. The van der Waals surface area contributed by atoms with Crippen LogP contribution in [0.3, 0.4) is 0 Å². The molecule has 1 heterocycles. The molecule has 1 atom stereocenters. The first-order valence-corrected chi connectivity index (χ1v) is 7.52. The van der Waals surface area contributed by atoms with E-state index in [1.807, 2.05) is 42.2 Å². The van der Waals surface area contributed by atoms with Crippen molar-refractivity contribution in [1.29, 1.82) is 0 Å². The van der Waals surface area contributed by atoms with Gasteiger partial charge in [-0.3, -0.25) is 0 Å². The van der Waals surface area contributed by atoms with E-state index < -0.39 is 0 Å². The van der Waals surface area contributed by atoms with Gasteiger partial charge in [0.2, 0.25) is 0 Å². The predicted octanol–water partition coefficient (Wildman–Crippen LogP) is 4.01. The van der Waals surface area contributed by atoms with Crippen molar-refractivity contribution in [2.24, 2.45) is 7.05 Å². The molecular weight excluding hydrogens is 293 g/mol. The molecule has 2 rings (SSSR count). The fourth-order valence-electron chi connectivity index (χ4n) is 2.19. The molecule has 1 aromatic heterocycles. The number of aromatic nitrogens is 2. The molecule has 0 aliphatic heterocycles. The minimum atomic E-state index is 0.173. The number of aryl methyl sites for hydroxylation is 1. The molecule has 3 nitrogen and oxygen atoms in total. The van der Waals surface area contributed by atoms with Crippen molar-refractivity contribution in [3.63, 3.8) is 0 Å². The SMILES string of the molecule is CCCNC(Cc1ccc(Cl)c(Cl)c1)c1nccn1C. The first-order valence-electron chi connectivity index (χ1n) is 6.76. The third-order valence-corrected chi connectivity index (χ3v) is 3.97. The molecule has 1 unspecified atom stereocenters. The zero-order valence-electron chi connectivity index (χ0n) is 11.7. The van der Waals surface area contributed by atoms with E-state index in [-0.39, 0.29) is 6.04 Å². The molecule has 0 saturated heterocycles. The summed E-state index contributed by atoms with van der Waals surface area (Å²) in [5.74, 6) is 1.03. The summed E-state index contributed by atoms with van der Waals surface area (Å²) in [5, 5.41) is 4.72. The van der Waals surface area contributed by atoms with Gasteiger partial charge < -0.3 is 9.88 Å². The summed E-state index contributed by atoms with van der Waals surface area (Å²) in [7, 11) is 2.01. The van der Waals surface area contributed by atoms with E-state index in [0.717, 1.165) is 30.8 Å². The maximum Gasteiger partial charge on any atom is 0.125 e. The summed E-state index contributed by atoms with van der Waals surface area (Å²) < 4.78 is 2.05. The lowest BCUT2D eigenvalue weighted by molar-refractivity contribution is 0.491. The largest absolute Gasteiger partial charge is 0.337 e. The second-order valence-corrected chi connectivity index (χ2v) is 5.67. The molecular formula is C15H19Cl2N3. The second-order valence-electron chi connectivity index (χ2n) is 4.86. The quantitative estimate of drug-likeness (QED) is 0.873. The molecule has 5 heteroatoms. The van der Waals surface area contributed by atoms with Crippen LogP contribution in [0.25, 0.3) is 0 Å². The van der Waals surface area contributed by atoms with Gasteiger partial charge in [0.1, 0.15) is 5.82 Å². The van der Waals surface area contributed by atoms with Crippen molar-refractivity contribution in [3.8, 4) is 0 Å². The van der Waals surface area contributed by atoms with Crippen molar-refractivity contribution in [2.45, 2.75) is 25.8 Å². The second kappa shape index (κ2) is 7.11. The first-order chi connectivity index (χ1) is 9.61. The number of imidazole rings is 1. The van der Waals surface area contributed by atoms with Gasteiger partial charge in [-0.15, -0.1) is 0 Å². The average molecular weight is 312 g/mol. The summed E-state index contributed by atoms with van der Waals surface area (Å²) in [6.45, 7) is 3.11. The van der Waals surface area contributed by atoms with Crippen LogP contribution in [0.15, 0.2) is 30.6 Å². The van der Waals surface area contributed by atoms with E-state index in [9.17, 15) is 0 Å². The number of halogens is 2. The third-order valence-electron chi connectivity index (χ3n) is 3.23. The molecule has 1 N–H and O–H groups in total. The Bertz CT molecular complexity index is 566. The Morgan fingerprint density at radius 2 is 2.10 bits per heavy atom. The van der Waals surface area contributed by atoms with Gasteiger partial charge in [-0.1, -0.05) is 36.2 Å². The number of nitrogens with one attached hydrogen (secondary N) is 1. The number of rotatable bonds is 6. The molecule has 0 aliphatic carbocycles. The van der Waals surface area contributed by atoms with E-state index in [1.54, 1.807) is 0 Å². The van der Waals surface area contributed by atoms with Gasteiger partial charge in [0.25, 0.3) is 0 Å². The Balaban J connectivity index is 2.19. The topological polar surface area (TPSA) is 29.9 Å². The molecule has 1 aromatic carbocycles. The Labute approximate surface area is 129 Å². The highest BCUT2D eigenvalue weighted by molar-refractivity contribution is 6.42. The van der Waals surface area contributed by atoms with Crippen molar-refractivity contribution in [2.75, 3.05) is 6.54 Å². The molecule has 2 aromatic rings. The summed E-state index contributed by atoms with van der Waals surface area (Å²) in [6.07, 6.45) is 5.71. The van der Waals surface area contributed by atoms with Crippen LogP contribution in [0.5, 0.6) is 0 Å². The average Bonchev–Trinajstić information content (AvgIpc) is 2.85. The van der Waals surface area contributed by atoms with Crippen LogP contribution in [-0.2, 0) is 13.5 Å². The van der Waals surface area contributed by atoms with Crippen LogP contribution >= 0.6 is 23.2 Å². The Morgan fingerprint density at radius 1 is 1.30 bits per heavy atom. The predicted molar refractivity (Wildman–Crippen MR) is 84.4 cm³/mol. The summed E-state index contributed by atoms with van der Waals surface area (Å²) in [4.78, 5) is 4.45. The molecule has 20 heavy (non-hydrogen) atoms. The van der Waals surface area contributed by atoms with Crippen LogP contribution in [0, 0.1) is 0 Å². The van der Waals surface area contributed by atoms with Gasteiger partial charge in [-0.2, -0.15) is 0 Å². The lowest BCUT2D eigenvalue weighted by atomic mass is 10.1. The van der Waals surface area contributed by atoms with E-state index in [4.69, 9.17) is 23.2 Å². The van der Waals surface area contributed by atoms with Gasteiger partial charge in [-0.25, -0.2) is 4.98 Å². The minimum absolute atomic E-state index is 0.173. The summed E-state index contributed by atoms with van der Waals surface area (Å²) in [6, 6.07) is 5.95.